The van der Waals surface area contributed by atoms with Gasteiger partial charge in [-0.1, -0.05) is 116 Å². The summed E-state index contributed by atoms with van der Waals surface area (Å²) in [6.45, 7) is 2.42. The Hall–Kier alpha value is -5.60. The fourth-order valence-electron chi connectivity index (χ4n) is 9.03. The lowest BCUT2D eigenvalue weighted by Gasteiger charge is -2.36. The molecule has 2 unspecified atom stereocenters. The fourth-order valence-corrected chi connectivity index (χ4v) is 9.03. The number of anilines is 1. The van der Waals surface area contributed by atoms with Crippen LogP contribution in [-0.4, -0.2) is 4.57 Å². The highest BCUT2D eigenvalue weighted by Crippen LogP contribution is 2.64. The van der Waals surface area contributed by atoms with E-state index in [-0.39, 0.29) is 5.41 Å². The SMILES string of the molecule is CC1CC=CC2=C1C1(c3ccccc32)c2ccccc2-c2ccc(-n3c4ccccc4c4cc(-c5ccccc5N)ccc43)cc21. The van der Waals surface area contributed by atoms with Crippen LogP contribution in [0.25, 0.3) is 55.3 Å². The van der Waals surface area contributed by atoms with Crippen molar-refractivity contribution in [2.75, 3.05) is 5.73 Å². The fraction of sp³-hybridized carbons (Fsp3) is 0.0909. The number of para-hydroxylation sites is 2. The number of nitrogens with zero attached hydrogens (tertiary/aromatic N) is 1. The molecule has 3 aliphatic carbocycles. The van der Waals surface area contributed by atoms with Gasteiger partial charge in [0.1, 0.15) is 0 Å². The molecule has 10 rings (SSSR count). The van der Waals surface area contributed by atoms with Gasteiger partial charge in [0.05, 0.1) is 16.4 Å². The maximum Gasteiger partial charge on any atom is 0.0691 e. The van der Waals surface area contributed by atoms with Gasteiger partial charge in [0.25, 0.3) is 0 Å². The van der Waals surface area contributed by atoms with Crippen molar-refractivity contribution in [1.29, 1.82) is 0 Å². The summed E-state index contributed by atoms with van der Waals surface area (Å²) in [4.78, 5) is 0. The molecule has 0 radical (unpaired) electrons. The van der Waals surface area contributed by atoms with Crippen molar-refractivity contribution in [3.05, 3.63) is 173 Å². The molecule has 2 N–H and O–H groups in total. The molecule has 0 saturated heterocycles. The topological polar surface area (TPSA) is 30.9 Å². The van der Waals surface area contributed by atoms with Gasteiger partial charge in [0.15, 0.2) is 0 Å². The van der Waals surface area contributed by atoms with E-state index in [9.17, 15) is 0 Å². The lowest BCUT2D eigenvalue weighted by molar-refractivity contribution is 0.591. The third-order valence-corrected chi connectivity index (χ3v) is 10.8. The second kappa shape index (κ2) is 9.22. The van der Waals surface area contributed by atoms with Gasteiger partial charge in [-0.2, -0.15) is 0 Å². The Labute approximate surface area is 268 Å². The number of rotatable bonds is 2. The second-order valence-corrected chi connectivity index (χ2v) is 13.1. The number of nitrogens with two attached hydrogens (primary N) is 1. The minimum absolute atomic E-state index is 0.311. The van der Waals surface area contributed by atoms with Gasteiger partial charge in [0, 0.05) is 27.7 Å². The van der Waals surface area contributed by atoms with Gasteiger partial charge in [0.2, 0.25) is 0 Å². The predicted octanol–water partition coefficient (Wildman–Crippen LogP) is 10.7. The Morgan fingerprint density at radius 2 is 1.28 bits per heavy atom. The molecule has 1 spiro atoms. The Balaban J connectivity index is 1.27. The van der Waals surface area contributed by atoms with Crippen molar-refractivity contribution in [2.24, 2.45) is 5.92 Å². The average molecular weight is 589 g/mol. The third kappa shape index (κ3) is 3.16. The van der Waals surface area contributed by atoms with Crippen molar-refractivity contribution < 1.29 is 0 Å². The molecule has 6 aromatic carbocycles. The monoisotopic (exact) mass is 588 g/mol. The Morgan fingerprint density at radius 1 is 0.609 bits per heavy atom. The van der Waals surface area contributed by atoms with Gasteiger partial charge in [-0.3, -0.25) is 0 Å². The van der Waals surface area contributed by atoms with Gasteiger partial charge in [-0.05, 0) is 98.8 Å². The zero-order chi connectivity index (χ0) is 30.6. The molecule has 2 heteroatoms. The van der Waals surface area contributed by atoms with E-state index in [1.54, 1.807) is 5.57 Å². The smallest absolute Gasteiger partial charge is 0.0691 e. The Morgan fingerprint density at radius 3 is 2.13 bits per heavy atom. The van der Waals surface area contributed by atoms with Crippen LogP contribution in [0.5, 0.6) is 0 Å². The van der Waals surface area contributed by atoms with Gasteiger partial charge >= 0.3 is 0 Å². The molecule has 0 aliphatic heterocycles. The number of allylic oxidation sites excluding steroid dienone is 4. The average Bonchev–Trinajstić information content (AvgIpc) is 3.70. The van der Waals surface area contributed by atoms with Crippen LogP contribution >= 0.6 is 0 Å². The standard InChI is InChI=1S/C44H32N2/c1-27-11-10-16-35-32-14-3-7-18-38(32)44(43(27)35)37-17-6-2-13-31(37)33-23-22-29(26-39(33)44)46-41-20-9-5-15-34(41)36-25-28(21-24-42(36)46)30-12-4-8-19-40(30)45/h2-10,12-27H,11,45H2,1H3. The molecule has 3 aliphatic rings. The molecule has 0 fully saturated rings. The van der Waals surface area contributed by atoms with E-state index in [0.717, 1.165) is 23.2 Å². The van der Waals surface area contributed by atoms with E-state index in [1.807, 2.05) is 12.1 Å². The largest absolute Gasteiger partial charge is 0.398 e. The highest BCUT2D eigenvalue weighted by molar-refractivity contribution is 6.11. The van der Waals surface area contributed by atoms with E-state index in [4.69, 9.17) is 5.73 Å². The molecular formula is C44H32N2. The first kappa shape index (κ1) is 25.7. The minimum Gasteiger partial charge on any atom is -0.398 e. The predicted molar refractivity (Wildman–Crippen MR) is 192 cm³/mol. The quantitative estimate of drug-likeness (QED) is 0.200. The lowest BCUT2D eigenvalue weighted by Crippen LogP contribution is -2.30. The number of aromatic nitrogens is 1. The zero-order valence-corrected chi connectivity index (χ0v) is 25.7. The second-order valence-electron chi connectivity index (χ2n) is 13.1. The van der Waals surface area contributed by atoms with Crippen LogP contribution in [0.2, 0.25) is 0 Å². The van der Waals surface area contributed by atoms with Crippen molar-refractivity contribution in [3.63, 3.8) is 0 Å². The number of benzene rings is 6. The summed E-state index contributed by atoms with van der Waals surface area (Å²) in [6, 6.07) is 49.2. The molecule has 218 valence electrons. The number of nitrogen functional groups attached to an aromatic ring is 1. The highest BCUT2D eigenvalue weighted by Gasteiger charge is 2.54. The maximum atomic E-state index is 6.43. The summed E-state index contributed by atoms with van der Waals surface area (Å²) in [6.07, 6.45) is 5.82. The van der Waals surface area contributed by atoms with Crippen LogP contribution in [0.3, 0.4) is 0 Å². The lowest BCUT2D eigenvalue weighted by atomic mass is 9.65. The van der Waals surface area contributed by atoms with E-state index < -0.39 is 0 Å². The molecule has 7 aromatic rings. The minimum atomic E-state index is -0.311. The summed E-state index contributed by atoms with van der Waals surface area (Å²) in [5.74, 6) is 0.437. The van der Waals surface area contributed by atoms with Gasteiger partial charge < -0.3 is 10.3 Å². The van der Waals surface area contributed by atoms with Crippen LogP contribution in [0.4, 0.5) is 5.69 Å². The van der Waals surface area contributed by atoms with Crippen molar-refractivity contribution in [1.82, 2.24) is 4.57 Å². The summed E-state index contributed by atoms with van der Waals surface area (Å²) in [5.41, 5.74) is 24.0. The van der Waals surface area contributed by atoms with Crippen molar-refractivity contribution in [3.8, 4) is 27.9 Å². The maximum absolute atomic E-state index is 6.43. The highest BCUT2D eigenvalue weighted by atomic mass is 15.0. The van der Waals surface area contributed by atoms with E-state index in [1.165, 1.54) is 66.4 Å². The van der Waals surface area contributed by atoms with Crippen LogP contribution in [0.15, 0.2) is 151 Å². The molecule has 1 aromatic heterocycles. The molecule has 0 amide bonds. The molecule has 0 bridgehead atoms. The number of hydrogen-bond donors (Lipinski definition) is 1. The normalized spacial score (nSPS) is 19.1. The van der Waals surface area contributed by atoms with Crippen LogP contribution < -0.4 is 5.73 Å². The van der Waals surface area contributed by atoms with Gasteiger partial charge in [-0.25, -0.2) is 0 Å². The van der Waals surface area contributed by atoms with Crippen molar-refractivity contribution >= 4 is 33.1 Å². The molecule has 0 saturated carbocycles. The third-order valence-electron chi connectivity index (χ3n) is 10.8. The Bertz CT molecular complexity index is 2490. The first-order valence-electron chi connectivity index (χ1n) is 16.3. The Kier molecular flexibility index (Phi) is 5.15. The summed E-state index contributed by atoms with van der Waals surface area (Å²) in [7, 11) is 0. The molecule has 46 heavy (non-hydrogen) atoms. The van der Waals surface area contributed by atoms with E-state index >= 15 is 0 Å². The molecule has 2 atom stereocenters. The van der Waals surface area contributed by atoms with Crippen molar-refractivity contribution in [2.45, 2.75) is 18.8 Å². The van der Waals surface area contributed by atoms with Crippen LogP contribution in [0, 0.1) is 5.92 Å². The van der Waals surface area contributed by atoms with E-state index in [2.05, 4.69) is 145 Å². The van der Waals surface area contributed by atoms with Crippen LogP contribution in [-0.2, 0) is 5.41 Å². The summed E-state index contributed by atoms with van der Waals surface area (Å²) < 4.78 is 2.46. The molecule has 1 heterocycles. The molecular weight excluding hydrogens is 556 g/mol. The van der Waals surface area contributed by atoms with Crippen LogP contribution in [0.1, 0.15) is 35.6 Å². The number of fused-ring (bicyclic) bond motifs is 12. The summed E-state index contributed by atoms with van der Waals surface area (Å²) >= 11 is 0. The first-order chi connectivity index (χ1) is 22.7. The first-order valence-corrected chi connectivity index (χ1v) is 16.3. The molecule has 2 nitrogen and oxygen atoms in total. The zero-order valence-electron chi connectivity index (χ0n) is 25.7. The number of hydrogen-bond acceptors (Lipinski definition) is 1. The summed E-state index contributed by atoms with van der Waals surface area (Å²) in [5, 5.41) is 2.48. The van der Waals surface area contributed by atoms with Gasteiger partial charge in [-0.15, -0.1) is 0 Å². The van der Waals surface area contributed by atoms with E-state index in [0.29, 0.717) is 5.92 Å².